The number of rotatable bonds is 4. The van der Waals surface area contributed by atoms with Crippen LogP contribution in [0.2, 0.25) is 0 Å². The fourth-order valence-electron chi connectivity index (χ4n) is 2.80. The molecule has 24 heavy (non-hydrogen) atoms. The zero-order valence-electron chi connectivity index (χ0n) is 13.6. The summed E-state index contributed by atoms with van der Waals surface area (Å²) in [4.78, 5) is 16.6. The molecule has 4 nitrogen and oxygen atoms in total. The average Bonchev–Trinajstić information content (AvgIpc) is 2.59. The number of nitrogens with two attached hydrogens (primary N) is 1. The molecule has 122 valence electrons. The van der Waals surface area contributed by atoms with Gasteiger partial charge in [-0.25, -0.2) is 4.99 Å². The van der Waals surface area contributed by atoms with Crippen LogP contribution in [0.1, 0.15) is 41.3 Å². The van der Waals surface area contributed by atoms with E-state index in [9.17, 15) is 9.90 Å². The normalized spacial score (nSPS) is 14.9. The number of anilines is 1. The number of hydrogen-bond acceptors (Lipinski definition) is 4. The quantitative estimate of drug-likeness (QED) is 0.655. The van der Waals surface area contributed by atoms with Gasteiger partial charge in [0.15, 0.2) is 5.78 Å². The third-order valence-corrected chi connectivity index (χ3v) is 4.12. The molecular formula is C20H20N2O2. The van der Waals surface area contributed by atoms with Crippen molar-refractivity contribution in [3.8, 4) is 5.75 Å². The number of carbonyl (C=O) groups is 1. The molecule has 0 radical (unpaired) electrons. The first-order chi connectivity index (χ1) is 11.6. The van der Waals surface area contributed by atoms with Crippen molar-refractivity contribution in [1.82, 2.24) is 0 Å². The summed E-state index contributed by atoms with van der Waals surface area (Å²) in [6.45, 7) is 2.17. The van der Waals surface area contributed by atoms with Gasteiger partial charge in [-0.05, 0) is 54.8 Å². The van der Waals surface area contributed by atoms with Gasteiger partial charge in [0.2, 0.25) is 0 Å². The van der Waals surface area contributed by atoms with Crippen LogP contribution in [-0.2, 0) is 6.42 Å². The summed E-state index contributed by atoms with van der Waals surface area (Å²) in [6.07, 6.45) is 6.45. The van der Waals surface area contributed by atoms with Gasteiger partial charge in [-0.15, -0.1) is 0 Å². The summed E-state index contributed by atoms with van der Waals surface area (Å²) < 4.78 is 0. The van der Waals surface area contributed by atoms with E-state index < -0.39 is 0 Å². The molecule has 2 aromatic carbocycles. The fourth-order valence-corrected chi connectivity index (χ4v) is 2.80. The van der Waals surface area contributed by atoms with Crippen molar-refractivity contribution in [2.24, 2.45) is 4.99 Å². The molecule has 0 bridgehead atoms. The number of phenolic OH excluding ortho intramolecular Hbond substituents is 1. The lowest BCUT2D eigenvalue weighted by Crippen LogP contribution is -2.15. The summed E-state index contributed by atoms with van der Waals surface area (Å²) in [7, 11) is 0. The Morgan fingerprint density at radius 2 is 1.79 bits per heavy atom. The number of aliphatic imine (C=N–C) groups is 1. The minimum Gasteiger partial charge on any atom is -0.507 e. The summed E-state index contributed by atoms with van der Waals surface area (Å²) in [5.74, 6) is -0.206. The van der Waals surface area contributed by atoms with Crippen LogP contribution in [0.4, 0.5) is 11.4 Å². The molecule has 0 heterocycles. The molecule has 0 fully saturated rings. The largest absolute Gasteiger partial charge is 0.507 e. The van der Waals surface area contributed by atoms with Crippen LogP contribution >= 0.6 is 0 Å². The Bertz CT molecular complexity index is 833. The predicted molar refractivity (Wildman–Crippen MR) is 97.2 cm³/mol. The Hall–Kier alpha value is -2.88. The van der Waals surface area contributed by atoms with E-state index in [1.165, 1.54) is 36.6 Å². The number of benzene rings is 2. The van der Waals surface area contributed by atoms with E-state index in [1.807, 2.05) is 12.1 Å². The van der Waals surface area contributed by atoms with Crippen molar-refractivity contribution in [2.45, 2.75) is 26.2 Å². The molecular weight excluding hydrogens is 300 g/mol. The lowest BCUT2D eigenvalue weighted by molar-refractivity contribution is 0.104. The molecule has 2 aromatic rings. The lowest BCUT2D eigenvalue weighted by atomic mass is 9.92. The van der Waals surface area contributed by atoms with Crippen molar-refractivity contribution >= 4 is 22.9 Å². The molecule has 0 aliphatic heterocycles. The molecule has 1 aliphatic rings. The monoisotopic (exact) mass is 320 g/mol. The maximum atomic E-state index is 12.1. The zero-order valence-corrected chi connectivity index (χ0v) is 13.6. The highest BCUT2D eigenvalue weighted by atomic mass is 16.3. The first kappa shape index (κ1) is 16.0. The molecule has 0 unspecified atom stereocenters. The summed E-state index contributed by atoms with van der Waals surface area (Å²) in [6, 6.07) is 11.0. The highest BCUT2D eigenvalue weighted by molar-refractivity contribution is 6.27. The Labute approximate surface area is 141 Å². The molecule has 0 aromatic heterocycles. The number of nitrogen functional groups attached to an aromatic ring is 1. The highest BCUT2D eigenvalue weighted by Crippen LogP contribution is 2.32. The van der Waals surface area contributed by atoms with Crippen LogP contribution in [0.3, 0.4) is 0 Å². The van der Waals surface area contributed by atoms with Crippen LogP contribution < -0.4 is 5.73 Å². The summed E-state index contributed by atoms with van der Waals surface area (Å²) in [5.41, 5.74) is 9.56. The van der Waals surface area contributed by atoms with E-state index in [0.717, 1.165) is 12.1 Å². The summed E-state index contributed by atoms with van der Waals surface area (Å²) in [5, 5.41) is 10.2. The number of hydrogen-bond donors (Lipinski definition) is 2. The van der Waals surface area contributed by atoms with Crippen LogP contribution in [-0.4, -0.2) is 16.6 Å². The van der Waals surface area contributed by atoms with Crippen LogP contribution in [0, 0.1) is 0 Å². The topological polar surface area (TPSA) is 75.7 Å². The number of nitrogens with zero attached hydrogens (tertiary/aromatic N) is 1. The average molecular weight is 320 g/mol. The molecule has 0 spiro atoms. The molecule has 3 N–H and O–H groups in total. The first-order valence-corrected chi connectivity index (χ1v) is 8.12. The zero-order chi connectivity index (χ0) is 17.1. The number of phenols is 1. The number of aromatic hydroxyl groups is 1. The van der Waals surface area contributed by atoms with Crippen LogP contribution in [0.5, 0.6) is 5.75 Å². The standard InChI is InChI=1S/C20H20N2O2/c1-2-3-4-13-5-7-14(8-6-13)22-16-10-12-17(23)19-15(21)9-11-18(24)20(16)19/h5-12,24H,2-4,21H2,1H3. The second-order valence-corrected chi connectivity index (χ2v) is 5.89. The van der Waals surface area contributed by atoms with Crippen molar-refractivity contribution < 1.29 is 9.90 Å². The van der Waals surface area contributed by atoms with Gasteiger partial charge in [-0.2, -0.15) is 0 Å². The van der Waals surface area contributed by atoms with E-state index in [2.05, 4.69) is 24.0 Å². The maximum Gasteiger partial charge on any atom is 0.188 e. The molecule has 0 saturated carbocycles. The lowest BCUT2D eigenvalue weighted by Gasteiger charge is -2.16. The van der Waals surface area contributed by atoms with Gasteiger partial charge in [0.25, 0.3) is 0 Å². The predicted octanol–water partition coefficient (Wildman–Crippen LogP) is 4.19. The molecule has 1 aliphatic carbocycles. The third-order valence-electron chi connectivity index (χ3n) is 4.12. The van der Waals surface area contributed by atoms with Crippen molar-refractivity contribution in [1.29, 1.82) is 0 Å². The van der Waals surface area contributed by atoms with Gasteiger partial charge in [-0.1, -0.05) is 25.5 Å². The van der Waals surface area contributed by atoms with E-state index in [-0.39, 0.29) is 11.5 Å². The number of fused-ring (bicyclic) bond motifs is 1. The number of ketones is 1. The molecule has 3 rings (SSSR count). The first-order valence-electron chi connectivity index (χ1n) is 8.12. The molecule has 0 amide bonds. The van der Waals surface area contributed by atoms with Gasteiger partial charge in [0.05, 0.1) is 22.5 Å². The van der Waals surface area contributed by atoms with Crippen molar-refractivity contribution in [3.05, 3.63) is 65.2 Å². The molecule has 0 atom stereocenters. The number of aryl methyl sites for hydroxylation is 1. The van der Waals surface area contributed by atoms with Gasteiger partial charge in [0.1, 0.15) is 5.75 Å². The Morgan fingerprint density at radius 1 is 1.04 bits per heavy atom. The minimum atomic E-state index is -0.215. The van der Waals surface area contributed by atoms with Gasteiger partial charge in [-0.3, -0.25) is 4.79 Å². The van der Waals surface area contributed by atoms with E-state index in [1.54, 1.807) is 6.08 Å². The Kier molecular flexibility index (Phi) is 4.47. The van der Waals surface area contributed by atoms with E-state index in [0.29, 0.717) is 22.5 Å². The van der Waals surface area contributed by atoms with Crippen LogP contribution in [0.15, 0.2) is 53.5 Å². The smallest absolute Gasteiger partial charge is 0.188 e. The van der Waals surface area contributed by atoms with Gasteiger partial charge < -0.3 is 10.8 Å². The second kappa shape index (κ2) is 6.71. The Morgan fingerprint density at radius 3 is 2.50 bits per heavy atom. The summed E-state index contributed by atoms with van der Waals surface area (Å²) >= 11 is 0. The second-order valence-electron chi connectivity index (χ2n) is 5.89. The third kappa shape index (κ3) is 3.08. The number of unbranched alkanes of at least 4 members (excludes halogenated alkanes) is 1. The minimum absolute atomic E-state index is 0.00946. The maximum absolute atomic E-state index is 12.1. The van der Waals surface area contributed by atoms with Gasteiger partial charge in [0, 0.05) is 5.69 Å². The highest BCUT2D eigenvalue weighted by Gasteiger charge is 2.23. The SMILES string of the molecule is CCCCc1ccc(N=C2C=CC(=O)c3c(N)ccc(O)c32)cc1. The van der Waals surface area contributed by atoms with Gasteiger partial charge >= 0.3 is 0 Å². The van der Waals surface area contributed by atoms with E-state index >= 15 is 0 Å². The van der Waals surface area contributed by atoms with Crippen molar-refractivity contribution in [2.75, 3.05) is 5.73 Å². The number of allylic oxidation sites excluding steroid dienone is 2. The van der Waals surface area contributed by atoms with Crippen molar-refractivity contribution in [3.63, 3.8) is 0 Å². The molecule has 4 heteroatoms. The fraction of sp³-hybridized carbons (Fsp3) is 0.200. The Balaban J connectivity index is 1.99. The van der Waals surface area contributed by atoms with Crippen LogP contribution in [0.25, 0.3) is 0 Å². The van der Waals surface area contributed by atoms with E-state index in [4.69, 9.17) is 5.73 Å². The molecule has 0 saturated heterocycles. The number of carbonyl (C=O) groups excluding carboxylic acids is 1.